The molecule has 5 nitrogen and oxygen atoms in total. The van der Waals surface area contributed by atoms with Crippen molar-refractivity contribution >= 4 is 33.3 Å². The standard InChI is InChI=1S/C12H14BrN5/c1-7-3-9(4-8(2)12(7)13)17-10-5-11(18-14)16-6-15-10/h3-6H,14H2,1-2H3,(H2,15,16,17,18). The van der Waals surface area contributed by atoms with Gasteiger partial charge >= 0.3 is 0 Å². The molecule has 1 aromatic carbocycles. The van der Waals surface area contributed by atoms with Gasteiger partial charge in [0, 0.05) is 16.2 Å². The second-order valence-corrected chi connectivity index (χ2v) is 4.77. The van der Waals surface area contributed by atoms with Crippen molar-refractivity contribution in [3.05, 3.63) is 40.1 Å². The van der Waals surface area contributed by atoms with Crippen molar-refractivity contribution in [3.8, 4) is 0 Å². The van der Waals surface area contributed by atoms with Gasteiger partial charge in [0.1, 0.15) is 18.0 Å². The van der Waals surface area contributed by atoms with Crippen LogP contribution in [0, 0.1) is 13.8 Å². The minimum Gasteiger partial charge on any atom is -0.340 e. The molecule has 1 heterocycles. The summed E-state index contributed by atoms with van der Waals surface area (Å²) < 4.78 is 1.13. The van der Waals surface area contributed by atoms with Crippen molar-refractivity contribution < 1.29 is 0 Å². The van der Waals surface area contributed by atoms with Crippen molar-refractivity contribution in [3.63, 3.8) is 0 Å². The first-order valence-electron chi connectivity index (χ1n) is 5.42. The maximum Gasteiger partial charge on any atom is 0.145 e. The highest BCUT2D eigenvalue weighted by atomic mass is 79.9. The van der Waals surface area contributed by atoms with Gasteiger partial charge in [-0.25, -0.2) is 15.8 Å². The van der Waals surface area contributed by atoms with Gasteiger partial charge < -0.3 is 10.7 Å². The zero-order chi connectivity index (χ0) is 13.1. The van der Waals surface area contributed by atoms with Crippen molar-refractivity contribution in [2.75, 3.05) is 10.7 Å². The number of benzene rings is 1. The Hall–Kier alpha value is -1.66. The number of anilines is 3. The molecule has 1 aromatic heterocycles. The average molecular weight is 308 g/mol. The number of aromatic nitrogens is 2. The Kier molecular flexibility index (Phi) is 3.78. The van der Waals surface area contributed by atoms with E-state index in [0.29, 0.717) is 11.6 Å². The molecule has 18 heavy (non-hydrogen) atoms. The molecule has 0 atom stereocenters. The molecule has 0 amide bonds. The van der Waals surface area contributed by atoms with Gasteiger partial charge in [-0.15, -0.1) is 0 Å². The number of nitrogen functional groups attached to an aromatic ring is 1. The lowest BCUT2D eigenvalue weighted by molar-refractivity contribution is 1.14. The Balaban J connectivity index is 2.28. The highest BCUT2D eigenvalue weighted by molar-refractivity contribution is 9.10. The van der Waals surface area contributed by atoms with Gasteiger partial charge in [0.15, 0.2) is 0 Å². The number of aryl methyl sites for hydroxylation is 2. The van der Waals surface area contributed by atoms with Crippen LogP contribution >= 0.6 is 15.9 Å². The fraction of sp³-hybridized carbons (Fsp3) is 0.167. The number of hydrogen-bond donors (Lipinski definition) is 3. The van der Waals surface area contributed by atoms with Gasteiger partial charge in [-0.3, -0.25) is 0 Å². The van der Waals surface area contributed by atoms with E-state index in [1.165, 1.54) is 17.5 Å². The van der Waals surface area contributed by atoms with Crippen LogP contribution < -0.4 is 16.6 Å². The van der Waals surface area contributed by atoms with Gasteiger partial charge in [0.25, 0.3) is 0 Å². The molecule has 0 fully saturated rings. The minimum atomic E-state index is 0.568. The fourth-order valence-corrected chi connectivity index (χ4v) is 1.90. The Morgan fingerprint density at radius 2 is 1.67 bits per heavy atom. The maximum absolute atomic E-state index is 5.31. The Labute approximate surface area is 114 Å². The second kappa shape index (κ2) is 5.32. The van der Waals surface area contributed by atoms with Gasteiger partial charge in [-0.05, 0) is 37.1 Å². The number of halogens is 1. The largest absolute Gasteiger partial charge is 0.340 e. The topological polar surface area (TPSA) is 75.9 Å². The highest BCUT2D eigenvalue weighted by Gasteiger charge is 2.04. The van der Waals surface area contributed by atoms with Crippen LogP contribution in [0.1, 0.15) is 11.1 Å². The summed E-state index contributed by atoms with van der Waals surface area (Å²) in [5, 5.41) is 3.22. The molecular formula is C12H14BrN5. The summed E-state index contributed by atoms with van der Waals surface area (Å²) in [6.45, 7) is 4.10. The quantitative estimate of drug-likeness (QED) is 0.600. The van der Waals surface area contributed by atoms with E-state index >= 15 is 0 Å². The molecule has 0 saturated heterocycles. The number of rotatable bonds is 3. The van der Waals surface area contributed by atoms with Crippen LogP contribution in [-0.4, -0.2) is 9.97 Å². The first-order chi connectivity index (χ1) is 8.60. The highest BCUT2D eigenvalue weighted by Crippen LogP contribution is 2.26. The molecule has 2 rings (SSSR count). The normalized spacial score (nSPS) is 10.2. The van der Waals surface area contributed by atoms with Crippen LogP contribution in [0.2, 0.25) is 0 Å². The monoisotopic (exact) mass is 307 g/mol. The van der Waals surface area contributed by atoms with Gasteiger partial charge in [-0.1, -0.05) is 15.9 Å². The molecule has 0 aliphatic rings. The number of nitrogens with one attached hydrogen (secondary N) is 2. The summed E-state index contributed by atoms with van der Waals surface area (Å²) in [5.74, 6) is 6.57. The average Bonchev–Trinajstić information content (AvgIpc) is 2.36. The van der Waals surface area contributed by atoms with E-state index in [2.05, 4.69) is 62.6 Å². The van der Waals surface area contributed by atoms with E-state index in [0.717, 1.165) is 10.2 Å². The molecule has 0 bridgehead atoms. The molecule has 0 saturated carbocycles. The van der Waals surface area contributed by atoms with Crippen LogP contribution in [0.25, 0.3) is 0 Å². The van der Waals surface area contributed by atoms with E-state index in [-0.39, 0.29) is 0 Å². The van der Waals surface area contributed by atoms with Crippen LogP contribution in [0.3, 0.4) is 0 Å². The molecule has 0 aliphatic carbocycles. The number of nitrogens with zero attached hydrogens (tertiary/aromatic N) is 2. The van der Waals surface area contributed by atoms with Gasteiger partial charge in [-0.2, -0.15) is 0 Å². The smallest absolute Gasteiger partial charge is 0.145 e. The van der Waals surface area contributed by atoms with Crippen LogP contribution in [0.15, 0.2) is 29.0 Å². The molecule has 0 radical (unpaired) electrons. The van der Waals surface area contributed by atoms with Crippen molar-refractivity contribution in [2.45, 2.75) is 13.8 Å². The SMILES string of the molecule is Cc1cc(Nc2cc(NN)ncn2)cc(C)c1Br. The molecule has 2 aromatic rings. The predicted molar refractivity (Wildman–Crippen MR) is 76.7 cm³/mol. The zero-order valence-corrected chi connectivity index (χ0v) is 11.7. The van der Waals surface area contributed by atoms with Gasteiger partial charge in [0.05, 0.1) is 0 Å². The number of hydrogen-bond acceptors (Lipinski definition) is 5. The lowest BCUT2D eigenvalue weighted by Gasteiger charge is -2.10. The number of hydrazine groups is 1. The Morgan fingerprint density at radius 1 is 1.06 bits per heavy atom. The van der Waals surface area contributed by atoms with E-state index in [4.69, 9.17) is 5.84 Å². The molecule has 0 spiro atoms. The Morgan fingerprint density at radius 3 is 2.28 bits per heavy atom. The van der Waals surface area contributed by atoms with Crippen molar-refractivity contribution in [1.29, 1.82) is 0 Å². The second-order valence-electron chi connectivity index (χ2n) is 3.98. The maximum atomic E-state index is 5.31. The zero-order valence-electron chi connectivity index (χ0n) is 10.2. The predicted octanol–water partition coefficient (Wildman–Crippen LogP) is 2.89. The van der Waals surface area contributed by atoms with Crippen LogP contribution in [-0.2, 0) is 0 Å². The summed E-state index contributed by atoms with van der Waals surface area (Å²) in [7, 11) is 0. The lowest BCUT2D eigenvalue weighted by atomic mass is 10.1. The third kappa shape index (κ3) is 2.77. The first kappa shape index (κ1) is 12.8. The molecule has 4 N–H and O–H groups in total. The van der Waals surface area contributed by atoms with Crippen molar-refractivity contribution in [1.82, 2.24) is 9.97 Å². The summed E-state index contributed by atoms with van der Waals surface area (Å²) >= 11 is 3.54. The van der Waals surface area contributed by atoms with E-state index < -0.39 is 0 Å². The summed E-state index contributed by atoms with van der Waals surface area (Å²) in [5.41, 5.74) is 5.81. The fourth-order valence-electron chi connectivity index (χ4n) is 1.67. The van der Waals surface area contributed by atoms with Crippen molar-refractivity contribution in [2.24, 2.45) is 5.84 Å². The molecule has 6 heteroatoms. The van der Waals surface area contributed by atoms with E-state index in [1.54, 1.807) is 6.07 Å². The summed E-state index contributed by atoms with van der Waals surface area (Å²) in [4.78, 5) is 8.09. The summed E-state index contributed by atoms with van der Waals surface area (Å²) in [6, 6.07) is 5.84. The Bertz CT molecular complexity index is 547. The summed E-state index contributed by atoms with van der Waals surface area (Å²) in [6.07, 6.45) is 1.45. The molecular weight excluding hydrogens is 294 g/mol. The number of nitrogens with two attached hydrogens (primary N) is 1. The molecule has 0 aliphatic heterocycles. The lowest BCUT2D eigenvalue weighted by Crippen LogP contribution is -2.09. The minimum absolute atomic E-state index is 0.568. The van der Waals surface area contributed by atoms with Gasteiger partial charge in [0.2, 0.25) is 0 Å². The van der Waals surface area contributed by atoms with Crippen LogP contribution in [0.4, 0.5) is 17.3 Å². The first-order valence-corrected chi connectivity index (χ1v) is 6.22. The third-order valence-corrected chi connectivity index (χ3v) is 3.77. The van der Waals surface area contributed by atoms with E-state index in [9.17, 15) is 0 Å². The third-order valence-electron chi connectivity index (χ3n) is 2.52. The molecule has 0 unspecified atom stereocenters. The molecule has 94 valence electrons. The van der Waals surface area contributed by atoms with Crippen LogP contribution in [0.5, 0.6) is 0 Å². The van der Waals surface area contributed by atoms with E-state index in [1.807, 2.05) is 0 Å².